The maximum Gasteiger partial charge on any atom is 0.319 e. The van der Waals surface area contributed by atoms with Gasteiger partial charge in [-0.25, -0.2) is 4.98 Å². The lowest BCUT2D eigenvalue weighted by Crippen LogP contribution is -2.00. The Morgan fingerprint density at radius 1 is 1.14 bits per heavy atom. The van der Waals surface area contributed by atoms with Crippen molar-refractivity contribution in [2.24, 2.45) is 5.92 Å². The highest BCUT2D eigenvalue weighted by Crippen LogP contribution is 2.49. The average Bonchev–Trinajstić information content (AvgIpc) is 3.52. The minimum Gasteiger partial charge on any atom is -0.480 e. The fraction of sp³-hybridized carbons (Fsp3) is 0.250. The van der Waals surface area contributed by atoms with Gasteiger partial charge in [-0.15, -0.1) is 10.2 Å². The number of aromatic nitrogens is 5. The minimum absolute atomic E-state index is 0.219. The van der Waals surface area contributed by atoms with Gasteiger partial charge in [0, 0.05) is 36.0 Å². The van der Waals surface area contributed by atoms with Gasteiger partial charge in [-0.05, 0) is 30.2 Å². The SMILES string of the molecule is COc1ncc(-c2cc(C3CC3C#Cc3ccncc3)c(Cl)nn2)c(OC)n1. The van der Waals surface area contributed by atoms with Crippen LogP contribution < -0.4 is 9.47 Å². The molecule has 0 saturated heterocycles. The van der Waals surface area contributed by atoms with Crippen molar-refractivity contribution in [3.05, 3.63) is 53.1 Å². The number of nitrogens with zero attached hydrogens (tertiary/aromatic N) is 5. The molecule has 8 heteroatoms. The molecule has 4 rings (SSSR count). The Morgan fingerprint density at radius 3 is 2.71 bits per heavy atom. The molecule has 0 aliphatic heterocycles. The summed E-state index contributed by atoms with van der Waals surface area (Å²) < 4.78 is 10.4. The molecule has 0 N–H and O–H groups in total. The lowest BCUT2D eigenvalue weighted by molar-refractivity contribution is 0.353. The zero-order valence-electron chi connectivity index (χ0n) is 15.3. The third-order valence-corrected chi connectivity index (χ3v) is 4.73. The van der Waals surface area contributed by atoms with Crippen LogP contribution in [-0.2, 0) is 0 Å². The third-order valence-electron chi connectivity index (χ3n) is 4.43. The molecule has 3 aromatic heterocycles. The molecular weight excluding hydrogens is 378 g/mol. The topological polar surface area (TPSA) is 82.9 Å². The minimum atomic E-state index is 0.219. The Balaban J connectivity index is 1.60. The van der Waals surface area contributed by atoms with Gasteiger partial charge in [0.25, 0.3) is 0 Å². The van der Waals surface area contributed by atoms with Crippen molar-refractivity contribution in [3.63, 3.8) is 0 Å². The second kappa shape index (κ2) is 7.79. The molecule has 0 spiro atoms. The van der Waals surface area contributed by atoms with Gasteiger partial charge in [0.05, 0.1) is 19.8 Å². The summed E-state index contributed by atoms with van der Waals surface area (Å²) in [5, 5.41) is 8.66. The molecule has 2 atom stereocenters. The zero-order valence-corrected chi connectivity index (χ0v) is 16.0. The molecule has 0 amide bonds. The molecule has 28 heavy (non-hydrogen) atoms. The Hall–Kier alpha value is -3.24. The fourth-order valence-corrected chi connectivity index (χ4v) is 3.11. The molecule has 3 aromatic rings. The van der Waals surface area contributed by atoms with Crippen molar-refractivity contribution in [1.82, 2.24) is 25.1 Å². The van der Waals surface area contributed by atoms with Crippen LogP contribution in [0.1, 0.15) is 23.5 Å². The van der Waals surface area contributed by atoms with Crippen molar-refractivity contribution < 1.29 is 9.47 Å². The van der Waals surface area contributed by atoms with Gasteiger partial charge in [0.2, 0.25) is 5.88 Å². The third kappa shape index (κ3) is 3.73. The summed E-state index contributed by atoms with van der Waals surface area (Å²) in [7, 11) is 3.02. The molecular formula is C20H16ClN5O2. The first-order valence-electron chi connectivity index (χ1n) is 8.59. The van der Waals surface area contributed by atoms with Crippen LogP contribution in [0.5, 0.6) is 11.9 Å². The van der Waals surface area contributed by atoms with Crippen molar-refractivity contribution in [3.8, 4) is 35.0 Å². The van der Waals surface area contributed by atoms with Crippen LogP contribution in [-0.4, -0.2) is 39.4 Å². The largest absolute Gasteiger partial charge is 0.480 e. The van der Waals surface area contributed by atoms with E-state index in [0.717, 1.165) is 17.5 Å². The molecule has 140 valence electrons. The summed E-state index contributed by atoms with van der Waals surface area (Å²) in [6.07, 6.45) is 5.99. The molecule has 1 aliphatic carbocycles. The smallest absolute Gasteiger partial charge is 0.319 e. The molecule has 1 saturated carbocycles. The van der Waals surface area contributed by atoms with E-state index in [2.05, 4.69) is 37.0 Å². The Bertz CT molecular complexity index is 1070. The maximum absolute atomic E-state index is 6.31. The van der Waals surface area contributed by atoms with Crippen LogP contribution in [0.2, 0.25) is 5.15 Å². The van der Waals surface area contributed by atoms with Crippen molar-refractivity contribution in [1.29, 1.82) is 0 Å². The molecule has 0 aromatic carbocycles. The standard InChI is InChI=1S/C20H16ClN5O2/c1-27-19-16(11-23-20(24-19)28-2)17-10-15(18(21)26-25-17)14-9-13(14)4-3-12-5-7-22-8-6-12/h5-8,10-11,13-14H,9H2,1-2H3. The van der Waals surface area contributed by atoms with Gasteiger partial charge in [-0.1, -0.05) is 23.4 Å². The molecule has 1 fully saturated rings. The van der Waals surface area contributed by atoms with E-state index in [9.17, 15) is 0 Å². The Labute approximate surface area is 167 Å². The lowest BCUT2D eigenvalue weighted by atomic mass is 10.1. The number of hydrogen-bond donors (Lipinski definition) is 0. The lowest BCUT2D eigenvalue weighted by Gasteiger charge is -2.09. The van der Waals surface area contributed by atoms with Crippen molar-refractivity contribution in [2.75, 3.05) is 14.2 Å². The molecule has 2 unspecified atom stereocenters. The van der Waals surface area contributed by atoms with Gasteiger partial charge in [-0.2, -0.15) is 4.98 Å². The first-order valence-corrected chi connectivity index (χ1v) is 8.97. The highest BCUT2D eigenvalue weighted by atomic mass is 35.5. The number of pyridine rings is 1. The van der Waals surface area contributed by atoms with Gasteiger partial charge >= 0.3 is 6.01 Å². The molecule has 1 aliphatic rings. The highest BCUT2D eigenvalue weighted by Gasteiger charge is 2.39. The molecule has 3 heterocycles. The quantitative estimate of drug-likeness (QED) is 0.629. The van der Waals surface area contributed by atoms with E-state index < -0.39 is 0 Å². The first kappa shape index (κ1) is 18.1. The number of hydrogen-bond acceptors (Lipinski definition) is 7. The summed E-state index contributed by atoms with van der Waals surface area (Å²) >= 11 is 6.31. The number of ether oxygens (including phenoxy) is 2. The Kier molecular flexibility index (Phi) is 5.04. The predicted molar refractivity (Wildman–Crippen MR) is 103 cm³/mol. The summed E-state index contributed by atoms with van der Waals surface area (Å²) in [6, 6.07) is 5.90. The van der Waals surface area contributed by atoms with Gasteiger partial charge in [0.1, 0.15) is 5.69 Å². The molecule has 0 radical (unpaired) electrons. The second-order valence-corrected chi connectivity index (χ2v) is 6.57. The maximum atomic E-state index is 6.31. The molecule has 7 nitrogen and oxygen atoms in total. The van der Waals surface area contributed by atoms with Gasteiger partial charge < -0.3 is 9.47 Å². The van der Waals surface area contributed by atoms with Crippen LogP contribution in [0.25, 0.3) is 11.3 Å². The van der Waals surface area contributed by atoms with Crippen LogP contribution >= 0.6 is 11.6 Å². The van der Waals surface area contributed by atoms with Crippen molar-refractivity contribution >= 4 is 11.6 Å². The van der Waals surface area contributed by atoms with Crippen molar-refractivity contribution in [2.45, 2.75) is 12.3 Å². The summed E-state index contributed by atoms with van der Waals surface area (Å²) in [6.45, 7) is 0. The van der Waals surface area contributed by atoms with E-state index in [1.807, 2.05) is 18.2 Å². The Morgan fingerprint density at radius 2 is 1.96 bits per heavy atom. The monoisotopic (exact) mass is 393 g/mol. The van der Waals surface area contributed by atoms with Crippen LogP contribution in [0.3, 0.4) is 0 Å². The summed E-state index contributed by atoms with van der Waals surface area (Å²) in [5.74, 6) is 7.29. The van der Waals surface area contributed by atoms with Crippen LogP contribution in [0.15, 0.2) is 36.8 Å². The van der Waals surface area contributed by atoms with E-state index in [1.165, 1.54) is 14.2 Å². The van der Waals surface area contributed by atoms with E-state index in [1.54, 1.807) is 18.6 Å². The normalized spacial score (nSPS) is 17.4. The van der Waals surface area contributed by atoms with Gasteiger partial charge in [-0.3, -0.25) is 4.98 Å². The summed E-state index contributed by atoms with van der Waals surface area (Å²) in [4.78, 5) is 12.3. The fourth-order valence-electron chi connectivity index (χ4n) is 2.87. The van der Waals surface area contributed by atoms with Gasteiger partial charge in [0.15, 0.2) is 5.15 Å². The van der Waals surface area contributed by atoms with E-state index in [-0.39, 0.29) is 17.8 Å². The molecule has 0 bridgehead atoms. The average molecular weight is 394 g/mol. The highest BCUT2D eigenvalue weighted by molar-refractivity contribution is 6.30. The van der Waals surface area contributed by atoms with E-state index in [0.29, 0.717) is 22.3 Å². The number of methoxy groups -OCH3 is 2. The second-order valence-electron chi connectivity index (χ2n) is 6.21. The zero-order chi connectivity index (χ0) is 19.5. The van der Waals surface area contributed by atoms with E-state index >= 15 is 0 Å². The summed E-state index contributed by atoms with van der Waals surface area (Å²) in [5.41, 5.74) is 3.07. The van der Waals surface area contributed by atoms with Crippen LogP contribution in [0.4, 0.5) is 0 Å². The predicted octanol–water partition coefficient (Wildman–Crippen LogP) is 3.15. The van der Waals surface area contributed by atoms with E-state index in [4.69, 9.17) is 21.1 Å². The first-order chi connectivity index (χ1) is 13.7. The number of halogens is 1. The van der Waals surface area contributed by atoms with Crippen LogP contribution in [0, 0.1) is 17.8 Å². The number of rotatable bonds is 4.